The second kappa shape index (κ2) is 9.71. The van der Waals surface area contributed by atoms with E-state index in [4.69, 9.17) is 4.74 Å². The zero-order valence-corrected chi connectivity index (χ0v) is 17.1. The number of hydrogen-bond acceptors (Lipinski definition) is 4. The molecule has 0 aliphatic carbocycles. The Morgan fingerprint density at radius 1 is 1.14 bits per heavy atom. The fourth-order valence-electron chi connectivity index (χ4n) is 3.62. The fourth-order valence-corrected chi connectivity index (χ4v) is 3.62. The van der Waals surface area contributed by atoms with Crippen LogP contribution in [0.2, 0.25) is 0 Å². The van der Waals surface area contributed by atoms with E-state index in [1.807, 2.05) is 39.2 Å². The van der Waals surface area contributed by atoms with Crippen molar-refractivity contribution in [2.24, 2.45) is 0 Å². The van der Waals surface area contributed by atoms with Crippen LogP contribution in [0.15, 0.2) is 48.5 Å². The summed E-state index contributed by atoms with van der Waals surface area (Å²) in [5.74, 6) is 0.0637. The SMILES string of the molecule is Cc1cccc(CC(=O)NCC(c2ccc(N(C)C)cc2)N2CCOCC2)c1. The number of nitrogens with one attached hydrogen (secondary N) is 1. The molecule has 5 nitrogen and oxygen atoms in total. The average molecular weight is 382 g/mol. The van der Waals surface area contributed by atoms with Crippen LogP contribution in [0.1, 0.15) is 22.7 Å². The van der Waals surface area contributed by atoms with E-state index < -0.39 is 0 Å². The Morgan fingerprint density at radius 3 is 2.50 bits per heavy atom. The Bertz CT molecular complexity index is 768. The quantitative estimate of drug-likeness (QED) is 0.801. The highest BCUT2D eigenvalue weighted by molar-refractivity contribution is 5.78. The van der Waals surface area contributed by atoms with Crippen LogP contribution in [-0.4, -0.2) is 57.8 Å². The lowest BCUT2D eigenvalue weighted by Crippen LogP contribution is -2.44. The summed E-state index contributed by atoms with van der Waals surface area (Å²) in [5, 5.41) is 3.15. The predicted octanol–water partition coefficient (Wildman–Crippen LogP) is 2.79. The molecule has 1 aliphatic heterocycles. The monoisotopic (exact) mass is 381 g/mol. The van der Waals surface area contributed by atoms with Gasteiger partial charge < -0.3 is 15.0 Å². The minimum absolute atomic E-state index is 0.0637. The van der Waals surface area contributed by atoms with E-state index >= 15 is 0 Å². The highest BCUT2D eigenvalue weighted by atomic mass is 16.5. The molecule has 1 atom stereocenters. The van der Waals surface area contributed by atoms with Gasteiger partial charge in [0.05, 0.1) is 25.7 Å². The maximum absolute atomic E-state index is 12.5. The molecule has 1 fully saturated rings. The summed E-state index contributed by atoms with van der Waals surface area (Å²) in [7, 11) is 4.08. The fraction of sp³-hybridized carbons (Fsp3) is 0.435. The molecular formula is C23H31N3O2. The van der Waals surface area contributed by atoms with Gasteiger partial charge in [-0.15, -0.1) is 0 Å². The zero-order chi connectivity index (χ0) is 19.9. The van der Waals surface area contributed by atoms with E-state index in [2.05, 4.69) is 45.4 Å². The van der Waals surface area contributed by atoms with Gasteiger partial charge in [0.15, 0.2) is 0 Å². The normalized spacial score (nSPS) is 15.8. The average Bonchev–Trinajstić information content (AvgIpc) is 2.69. The zero-order valence-electron chi connectivity index (χ0n) is 17.1. The van der Waals surface area contributed by atoms with Gasteiger partial charge in [0.2, 0.25) is 5.91 Å². The van der Waals surface area contributed by atoms with Crippen LogP contribution in [-0.2, 0) is 16.0 Å². The molecular weight excluding hydrogens is 350 g/mol. The van der Waals surface area contributed by atoms with E-state index in [1.54, 1.807) is 0 Å². The number of carbonyl (C=O) groups excluding carboxylic acids is 1. The molecule has 150 valence electrons. The summed E-state index contributed by atoms with van der Waals surface area (Å²) in [4.78, 5) is 17.0. The van der Waals surface area contributed by atoms with Crippen LogP contribution in [0.25, 0.3) is 0 Å². The predicted molar refractivity (Wildman–Crippen MR) is 114 cm³/mol. The third-order valence-electron chi connectivity index (χ3n) is 5.22. The number of anilines is 1. The second-order valence-corrected chi connectivity index (χ2v) is 7.62. The van der Waals surface area contributed by atoms with Crippen LogP contribution < -0.4 is 10.2 Å². The molecule has 0 bridgehead atoms. The number of morpholine rings is 1. The molecule has 0 spiro atoms. The summed E-state index contributed by atoms with van der Waals surface area (Å²) in [6, 6.07) is 16.9. The van der Waals surface area contributed by atoms with Crippen molar-refractivity contribution < 1.29 is 9.53 Å². The molecule has 0 radical (unpaired) electrons. The van der Waals surface area contributed by atoms with E-state index in [1.165, 1.54) is 16.8 Å². The molecule has 1 unspecified atom stereocenters. The number of aryl methyl sites for hydroxylation is 1. The molecule has 5 heteroatoms. The van der Waals surface area contributed by atoms with Crippen molar-refractivity contribution in [3.63, 3.8) is 0 Å². The first-order valence-corrected chi connectivity index (χ1v) is 9.94. The first-order valence-electron chi connectivity index (χ1n) is 9.94. The van der Waals surface area contributed by atoms with Crippen molar-refractivity contribution in [1.82, 2.24) is 10.2 Å². The number of hydrogen-bond donors (Lipinski definition) is 1. The highest BCUT2D eigenvalue weighted by Gasteiger charge is 2.23. The summed E-state index contributed by atoms with van der Waals surface area (Å²) in [5.41, 5.74) is 4.63. The number of carbonyl (C=O) groups is 1. The van der Waals surface area contributed by atoms with Gasteiger partial charge in [0, 0.05) is 39.4 Å². The van der Waals surface area contributed by atoms with Crippen molar-refractivity contribution in [2.75, 3.05) is 51.8 Å². The van der Waals surface area contributed by atoms with Gasteiger partial charge in [-0.25, -0.2) is 0 Å². The minimum Gasteiger partial charge on any atom is -0.379 e. The Hall–Kier alpha value is -2.37. The first kappa shape index (κ1) is 20.4. The maximum atomic E-state index is 12.5. The Balaban J connectivity index is 1.67. The standard InChI is InChI=1S/C23H31N3O2/c1-18-5-4-6-19(15-18)16-23(27)24-17-22(26-11-13-28-14-12-26)20-7-9-21(10-8-20)25(2)3/h4-10,15,22H,11-14,16-17H2,1-3H3,(H,24,27). The smallest absolute Gasteiger partial charge is 0.224 e. The summed E-state index contributed by atoms with van der Waals surface area (Å²) in [6.07, 6.45) is 0.414. The number of benzene rings is 2. The molecule has 0 saturated carbocycles. The molecule has 2 aromatic rings. The van der Waals surface area contributed by atoms with Crippen LogP contribution in [0, 0.1) is 6.92 Å². The van der Waals surface area contributed by atoms with Gasteiger partial charge in [-0.3, -0.25) is 9.69 Å². The van der Waals surface area contributed by atoms with Gasteiger partial charge >= 0.3 is 0 Å². The molecule has 1 aliphatic rings. The summed E-state index contributed by atoms with van der Waals surface area (Å²) < 4.78 is 5.52. The van der Waals surface area contributed by atoms with Crippen LogP contribution in [0.5, 0.6) is 0 Å². The Labute approximate surface area is 168 Å². The van der Waals surface area contributed by atoms with Gasteiger partial charge in [0.1, 0.15) is 0 Å². The number of amides is 1. The third-order valence-corrected chi connectivity index (χ3v) is 5.22. The molecule has 1 saturated heterocycles. The molecule has 1 heterocycles. The number of ether oxygens (including phenoxy) is 1. The Kier molecular flexibility index (Phi) is 7.06. The third kappa shape index (κ3) is 5.57. The molecule has 1 amide bonds. The second-order valence-electron chi connectivity index (χ2n) is 7.62. The van der Waals surface area contributed by atoms with E-state index in [9.17, 15) is 4.79 Å². The maximum Gasteiger partial charge on any atom is 0.224 e. The van der Waals surface area contributed by atoms with E-state index in [0.717, 1.165) is 31.9 Å². The van der Waals surface area contributed by atoms with Crippen molar-refractivity contribution >= 4 is 11.6 Å². The van der Waals surface area contributed by atoms with Gasteiger partial charge in [-0.2, -0.15) is 0 Å². The highest BCUT2D eigenvalue weighted by Crippen LogP contribution is 2.24. The van der Waals surface area contributed by atoms with Gasteiger partial charge in [-0.1, -0.05) is 42.0 Å². The lowest BCUT2D eigenvalue weighted by Gasteiger charge is -2.35. The van der Waals surface area contributed by atoms with Gasteiger partial charge in [0.25, 0.3) is 0 Å². The van der Waals surface area contributed by atoms with Crippen LogP contribution in [0.3, 0.4) is 0 Å². The van der Waals surface area contributed by atoms with Crippen molar-refractivity contribution in [3.05, 3.63) is 65.2 Å². The van der Waals surface area contributed by atoms with Gasteiger partial charge in [-0.05, 0) is 30.2 Å². The summed E-state index contributed by atoms with van der Waals surface area (Å²) >= 11 is 0. The molecule has 0 aromatic heterocycles. The largest absolute Gasteiger partial charge is 0.379 e. The molecule has 3 rings (SSSR count). The summed E-state index contributed by atoms with van der Waals surface area (Å²) in [6.45, 7) is 5.90. The lowest BCUT2D eigenvalue weighted by molar-refractivity contribution is -0.120. The minimum atomic E-state index is 0.0637. The Morgan fingerprint density at radius 2 is 1.86 bits per heavy atom. The lowest BCUT2D eigenvalue weighted by atomic mass is 10.0. The van der Waals surface area contributed by atoms with Crippen LogP contribution >= 0.6 is 0 Å². The topological polar surface area (TPSA) is 44.8 Å². The number of rotatable bonds is 7. The van der Waals surface area contributed by atoms with Crippen molar-refractivity contribution in [2.45, 2.75) is 19.4 Å². The molecule has 28 heavy (non-hydrogen) atoms. The van der Waals surface area contributed by atoms with E-state index in [-0.39, 0.29) is 11.9 Å². The molecule has 1 N–H and O–H groups in total. The first-order chi connectivity index (χ1) is 13.5. The molecule has 2 aromatic carbocycles. The number of nitrogens with zero attached hydrogens (tertiary/aromatic N) is 2. The van der Waals surface area contributed by atoms with Crippen molar-refractivity contribution in [1.29, 1.82) is 0 Å². The van der Waals surface area contributed by atoms with Crippen molar-refractivity contribution in [3.8, 4) is 0 Å². The van der Waals surface area contributed by atoms with Crippen LogP contribution in [0.4, 0.5) is 5.69 Å². The van der Waals surface area contributed by atoms with E-state index in [0.29, 0.717) is 13.0 Å².